The van der Waals surface area contributed by atoms with E-state index in [1.807, 2.05) is 6.92 Å². The van der Waals surface area contributed by atoms with Crippen LogP contribution in [-0.2, 0) is 9.53 Å². The Hall–Kier alpha value is -0.830. The molecule has 0 N–H and O–H groups in total. The largest absolute Gasteiger partial charge is 0.545 e. The van der Waals surface area contributed by atoms with Crippen LogP contribution in [0.5, 0.6) is 0 Å². The molecule has 0 aliphatic heterocycles. The number of hydrogen-bond donors (Lipinski definition) is 0. The van der Waals surface area contributed by atoms with E-state index in [2.05, 4.69) is 0 Å². The maximum absolute atomic E-state index is 9.85. The smallest absolute Gasteiger partial charge is 0.0731 e. The molecule has 1 atom stereocenters. The summed E-state index contributed by atoms with van der Waals surface area (Å²) in [6.07, 6.45) is 2.27. The lowest BCUT2D eigenvalue weighted by Crippen LogP contribution is -2.19. The number of carboxylic acids is 1. The molecule has 0 bridgehead atoms. The first-order chi connectivity index (χ1) is 4.66. The van der Waals surface area contributed by atoms with Gasteiger partial charge >= 0.3 is 0 Å². The van der Waals surface area contributed by atoms with Gasteiger partial charge in [0.05, 0.1) is 12.1 Å². The predicted molar refractivity (Wildman–Crippen MR) is 35.2 cm³/mol. The molecule has 0 amide bonds. The van der Waals surface area contributed by atoms with E-state index in [0.29, 0.717) is 6.61 Å². The third-order valence-corrected chi connectivity index (χ3v) is 0.933. The van der Waals surface area contributed by atoms with E-state index in [4.69, 9.17) is 4.74 Å². The average molecular weight is 143 g/mol. The van der Waals surface area contributed by atoms with Crippen molar-refractivity contribution in [1.29, 1.82) is 0 Å². The molecule has 0 aromatic carbocycles. The van der Waals surface area contributed by atoms with Crippen LogP contribution >= 0.6 is 0 Å². The highest BCUT2D eigenvalue weighted by molar-refractivity contribution is 5.77. The van der Waals surface area contributed by atoms with Crippen molar-refractivity contribution in [3.8, 4) is 0 Å². The second kappa shape index (κ2) is 4.99. The Bertz CT molecular complexity index is 129. The number of rotatable bonds is 4. The summed E-state index contributed by atoms with van der Waals surface area (Å²) in [4.78, 5) is 9.85. The Balaban J connectivity index is 3.55. The molecule has 0 saturated heterocycles. The van der Waals surface area contributed by atoms with Crippen molar-refractivity contribution in [1.82, 2.24) is 0 Å². The molecule has 10 heavy (non-hydrogen) atoms. The van der Waals surface area contributed by atoms with Crippen LogP contribution < -0.4 is 5.11 Å². The Morgan fingerprint density at radius 3 is 2.80 bits per heavy atom. The quantitative estimate of drug-likeness (QED) is 0.508. The number of ether oxygens (including phenoxy) is 1. The van der Waals surface area contributed by atoms with Crippen LogP contribution in [0.3, 0.4) is 0 Å². The number of carboxylic acid groups (broad SMARTS) is 1. The summed E-state index contributed by atoms with van der Waals surface area (Å²) < 4.78 is 5.01. The van der Waals surface area contributed by atoms with Crippen molar-refractivity contribution >= 4 is 5.97 Å². The van der Waals surface area contributed by atoms with Crippen molar-refractivity contribution in [2.24, 2.45) is 0 Å². The number of carbonyl (C=O) groups is 1. The number of carbonyl (C=O) groups excluding carboxylic acids is 1. The zero-order valence-corrected chi connectivity index (χ0v) is 6.16. The van der Waals surface area contributed by atoms with Gasteiger partial charge in [-0.3, -0.25) is 0 Å². The number of hydrogen-bond acceptors (Lipinski definition) is 3. The van der Waals surface area contributed by atoms with Crippen LogP contribution in [-0.4, -0.2) is 18.7 Å². The van der Waals surface area contributed by atoms with Gasteiger partial charge in [-0.05, 0) is 19.9 Å². The Morgan fingerprint density at radius 2 is 2.40 bits per heavy atom. The van der Waals surface area contributed by atoms with Gasteiger partial charge in [-0.2, -0.15) is 0 Å². The van der Waals surface area contributed by atoms with Gasteiger partial charge < -0.3 is 14.6 Å². The summed E-state index contributed by atoms with van der Waals surface area (Å²) in [5, 5.41) is 9.85. The maximum atomic E-state index is 9.85. The minimum atomic E-state index is -1.19. The van der Waals surface area contributed by atoms with Crippen LogP contribution in [0.25, 0.3) is 0 Å². The Labute approximate surface area is 60.3 Å². The highest BCUT2D eigenvalue weighted by Gasteiger charge is 1.91. The lowest BCUT2D eigenvalue weighted by Gasteiger charge is -2.04. The van der Waals surface area contributed by atoms with Gasteiger partial charge in [0.2, 0.25) is 0 Å². The molecule has 0 aromatic rings. The topological polar surface area (TPSA) is 49.4 Å². The third kappa shape index (κ3) is 5.31. The second-order valence-corrected chi connectivity index (χ2v) is 1.84. The summed E-state index contributed by atoms with van der Waals surface area (Å²) >= 11 is 0. The van der Waals surface area contributed by atoms with Crippen molar-refractivity contribution in [2.45, 2.75) is 20.0 Å². The molecule has 3 heteroatoms. The molecular formula is C7H11O3-. The van der Waals surface area contributed by atoms with Gasteiger partial charge in [-0.25, -0.2) is 0 Å². The first-order valence-electron chi connectivity index (χ1n) is 3.17. The molecule has 0 spiro atoms. The molecule has 0 radical (unpaired) electrons. The Kier molecular flexibility index (Phi) is 4.58. The molecule has 0 aliphatic rings. The summed E-state index contributed by atoms with van der Waals surface area (Å²) in [6.45, 7) is 4.20. The van der Waals surface area contributed by atoms with Crippen LogP contribution in [0.15, 0.2) is 12.2 Å². The normalized spacial score (nSPS) is 13.8. The lowest BCUT2D eigenvalue weighted by atomic mass is 10.3. The minimum Gasteiger partial charge on any atom is -0.545 e. The first-order valence-corrected chi connectivity index (χ1v) is 3.17. The zero-order chi connectivity index (χ0) is 7.98. The van der Waals surface area contributed by atoms with Gasteiger partial charge in [-0.15, -0.1) is 0 Å². The van der Waals surface area contributed by atoms with E-state index in [9.17, 15) is 9.90 Å². The van der Waals surface area contributed by atoms with Crippen molar-refractivity contribution in [2.75, 3.05) is 6.61 Å². The van der Waals surface area contributed by atoms with Crippen LogP contribution in [0.2, 0.25) is 0 Å². The van der Waals surface area contributed by atoms with E-state index in [1.54, 1.807) is 6.92 Å². The van der Waals surface area contributed by atoms with Crippen molar-refractivity contribution < 1.29 is 14.6 Å². The van der Waals surface area contributed by atoms with Crippen molar-refractivity contribution in [3.63, 3.8) is 0 Å². The lowest BCUT2D eigenvalue weighted by molar-refractivity contribution is -0.297. The highest BCUT2D eigenvalue weighted by atomic mass is 16.5. The van der Waals surface area contributed by atoms with E-state index in [-0.39, 0.29) is 6.10 Å². The van der Waals surface area contributed by atoms with E-state index in [1.165, 1.54) is 6.08 Å². The summed E-state index contributed by atoms with van der Waals surface area (Å²) in [7, 11) is 0. The predicted octanol–water partition coefficient (Wildman–Crippen LogP) is -0.282. The Morgan fingerprint density at radius 1 is 1.80 bits per heavy atom. The molecular weight excluding hydrogens is 132 g/mol. The third-order valence-electron chi connectivity index (χ3n) is 0.933. The van der Waals surface area contributed by atoms with Gasteiger partial charge in [0.25, 0.3) is 0 Å². The highest BCUT2D eigenvalue weighted by Crippen LogP contribution is 1.90. The monoisotopic (exact) mass is 143 g/mol. The van der Waals surface area contributed by atoms with Gasteiger partial charge in [-0.1, -0.05) is 6.08 Å². The standard InChI is InChI=1S/C7H12O3/c1-3-10-6(2)4-5-7(8)9/h4-6H,3H2,1-2H3,(H,8,9)/p-1/b5-4+. The summed E-state index contributed by atoms with van der Waals surface area (Å²) in [5.74, 6) is -1.19. The van der Waals surface area contributed by atoms with Crippen LogP contribution in [0.1, 0.15) is 13.8 Å². The molecule has 0 heterocycles. The zero-order valence-electron chi connectivity index (χ0n) is 6.16. The fourth-order valence-corrected chi connectivity index (χ4v) is 0.533. The molecule has 0 aromatic heterocycles. The summed E-state index contributed by atoms with van der Waals surface area (Å²) in [5.41, 5.74) is 0. The molecule has 58 valence electrons. The van der Waals surface area contributed by atoms with Gasteiger partial charge in [0.15, 0.2) is 0 Å². The molecule has 0 aliphatic carbocycles. The van der Waals surface area contributed by atoms with Crippen molar-refractivity contribution in [3.05, 3.63) is 12.2 Å². The van der Waals surface area contributed by atoms with E-state index >= 15 is 0 Å². The molecule has 1 unspecified atom stereocenters. The fraction of sp³-hybridized carbons (Fsp3) is 0.571. The fourth-order valence-electron chi connectivity index (χ4n) is 0.533. The first kappa shape index (κ1) is 9.17. The van der Waals surface area contributed by atoms with Gasteiger partial charge in [0.1, 0.15) is 0 Å². The molecule has 0 saturated carbocycles. The van der Waals surface area contributed by atoms with E-state index < -0.39 is 5.97 Å². The molecule has 3 nitrogen and oxygen atoms in total. The van der Waals surface area contributed by atoms with Gasteiger partial charge in [0, 0.05) is 6.61 Å². The average Bonchev–Trinajstić information content (AvgIpc) is 1.85. The molecule has 0 rings (SSSR count). The number of aliphatic carboxylic acids is 1. The second-order valence-electron chi connectivity index (χ2n) is 1.84. The van der Waals surface area contributed by atoms with Crippen LogP contribution in [0, 0.1) is 0 Å². The summed E-state index contributed by atoms with van der Waals surface area (Å²) in [6, 6.07) is 0. The van der Waals surface area contributed by atoms with E-state index in [0.717, 1.165) is 6.08 Å². The minimum absolute atomic E-state index is 0.150. The maximum Gasteiger partial charge on any atom is 0.0731 e. The van der Waals surface area contributed by atoms with Crippen LogP contribution in [0.4, 0.5) is 0 Å². The SMILES string of the molecule is CCOC(C)/C=C/C(=O)[O-]. The molecule has 0 fully saturated rings.